The molecule has 2 heteroatoms. The molecule has 0 atom stereocenters. The Labute approximate surface area is 229 Å². The van der Waals surface area contributed by atoms with Crippen LogP contribution >= 0.6 is 0 Å². The Kier molecular flexibility index (Phi) is 6.02. The average molecular weight is 523 g/mol. The van der Waals surface area contributed by atoms with Gasteiger partial charge in [-0.3, -0.25) is 0 Å². The number of benzene rings is 5. The summed E-state index contributed by atoms with van der Waals surface area (Å²) in [6.07, 6.45) is 6.78. The molecule has 7 rings (SSSR count). The number of hydrogen-bond donors (Lipinski definition) is 0. The van der Waals surface area contributed by atoms with Gasteiger partial charge in [-0.2, -0.15) is 0 Å². The zero-order chi connectivity index (χ0) is 25.4. The molecule has 186 valence electrons. The first-order chi connectivity index (χ1) is 18.9. The molecule has 0 nitrogen and oxygen atoms in total. The third kappa shape index (κ3) is 3.33. The lowest BCUT2D eigenvalue weighted by Gasteiger charge is -2.52. The summed E-state index contributed by atoms with van der Waals surface area (Å²) in [6.45, 7) is 0. The highest BCUT2D eigenvalue weighted by Gasteiger charge is 2.57. The Morgan fingerprint density at radius 3 is 1.18 bits per heavy atom. The smallest absolute Gasteiger partial charge is 0.0624 e. The molecule has 2 aliphatic rings. The second-order valence-corrected chi connectivity index (χ2v) is 18.9. The lowest BCUT2D eigenvalue weighted by Crippen LogP contribution is -2.91. The topological polar surface area (TPSA) is 0 Å². The first-order valence-corrected chi connectivity index (χ1v) is 18.3. The van der Waals surface area contributed by atoms with Gasteiger partial charge < -0.3 is 0 Å². The minimum absolute atomic E-state index is 0.722. The molecule has 5 aromatic carbocycles. The van der Waals surface area contributed by atoms with Gasteiger partial charge in [-0.25, -0.2) is 0 Å². The Morgan fingerprint density at radius 1 is 0.368 bits per heavy atom. The van der Waals surface area contributed by atoms with E-state index in [1.807, 2.05) is 0 Å². The van der Waals surface area contributed by atoms with Crippen LogP contribution < -0.4 is 36.3 Å². The summed E-state index contributed by atoms with van der Waals surface area (Å²) < 4.78 is 0. The van der Waals surface area contributed by atoms with Crippen molar-refractivity contribution in [3.63, 3.8) is 0 Å². The lowest BCUT2D eigenvalue weighted by atomic mass is 10.0. The molecule has 1 saturated carbocycles. The standard InChI is InChI=1S/C36H34Si2/c1-5-17-29(18-6-1)37(30-19-7-2-8-20-30)33-25-13-15-27-35(33)38(31-21-9-3-10-22-31,32-23-11-4-12-24-32)36-28-16-14-26-34(36)37/h1-3,5-10,13-22,25-28,32H,4,11-12,23-24H2. The van der Waals surface area contributed by atoms with Crippen molar-refractivity contribution in [2.24, 2.45) is 0 Å². The second-order valence-electron chi connectivity index (χ2n) is 11.1. The molecular weight excluding hydrogens is 489 g/mol. The van der Waals surface area contributed by atoms with Gasteiger partial charge in [0.25, 0.3) is 0 Å². The molecule has 0 bridgehead atoms. The maximum Gasteiger partial charge on any atom is 0.179 e. The first kappa shape index (κ1) is 23.6. The van der Waals surface area contributed by atoms with Crippen LogP contribution in [0.3, 0.4) is 0 Å². The van der Waals surface area contributed by atoms with Crippen molar-refractivity contribution in [1.82, 2.24) is 0 Å². The molecule has 0 amide bonds. The van der Waals surface area contributed by atoms with E-state index in [4.69, 9.17) is 0 Å². The van der Waals surface area contributed by atoms with Gasteiger partial charge in [0, 0.05) is 0 Å². The van der Waals surface area contributed by atoms with Gasteiger partial charge in [0.05, 0.1) is 0 Å². The average Bonchev–Trinajstić information content (AvgIpc) is 3.02. The minimum Gasteiger partial charge on any atom is -0.0624 e. The summed E-state index contributed by atoms with van der Waals surface area (Å²) in [5, 5.41) is 11.2. The normalized spacial score (nSPS) is 17.8. The molecule has 1 aliphatic carbocycles. The van der Waals surface area contributed by atoms with Crippen molar-refractivity contribution < 1.29 is 0 Å². The molecule has 5 aromatic rings. The predicted octanol–water partition coefficient (Wildman–Crippen LogP) is 4.18. The highest BCUT2D eigenvalue weighted by molar-refractivity contribution is 7.30. The van der Waals surface area contributed by atoms with Crippen LogP contribution in [0.5, 0.6) is 0 Å². The van der Waals surface area contributed by atoms with E-state index >= 15 is 0 Å². The molecule has 1 fully saturated rings. The summed E-state index contributed by atoms with van der Waals surface area (Å²) in [5.74, 6) is 0. The number of hydrogen-bond acceptors (Lipinski definition) is 0. The van der Waals surface area contributed by atoms with Gasteiger partial charge in [0.15, 0.2) is 16.1 Å². The van der Waals surface area contributed by atoms with E-state index in [1.165, 1.54) is 42.5 Å². The van der Waals surface area contributed by atoms with Crippen molar-refractivity contribution in [3.05, 3.63) is 140 Å². The molecule has 0 unspecified atom stereocenters. The van der Waals surface area contributed by atoms with E-state index in [-0.39, 0.29) is 0 Å². The van der Waals surface area contributed by atoms with Crippen molar-refractivity contribution in [3.8, 4) is 0 Å². The third-order valence-electron chi connectivity index (χ3n) is 9.37. The van der Waals surface area contributed by atoms with E-state index < -0.39 is 16.1 Å². The summed E-state index contributed by atoms with van der Waals surface area (Å²) in [6, 6.07) is 54.1. The van der Waals surface area contributed by atoms with Gasteiger partial charge in [0.2, 0.25) is 0 Å². The minimum atomic E-state index is -2.53. The maximum atomic E-state index is 2.55. The fraction of sp³-hybridized carbons (Fsp3) is 0.167. The zero-order valence-electron chi connectivity index (χ0n) is 21.9. The molecule has 38 heavy (non-hydrogen) atoms. The van der Waals surface area contributed by atoms with Crippen LogP contribution in [0.15, 0.2) is 140 Å². The van der Waals surface area contributed by atoms with Crippen LogP contribution in [0.25, 0.3) is 0 Å². The molecule has 0 saturated heterocycles. The van der Waals surface area contributed by atoms with Crippen molar-refractivity contribution >= 4 is 52.5 Å². The van der Waals surface area contributed by atoms with Crippen LogP contribution in [0.2, 0.25) is 5.54 Å². The maximum absolute atomic E-state index is 2.55. The van der Waals surface area contributed by atoms with Gasteiger partial charge in [-0.05, 0) is 41.8 Å². The monoisotopic (exact) mass is 522 g/mol. The lowest BCUT2D eigenvalue weighted by molar-refractivity contribution is 0.497. The van der Waals surface area contributed by atoms with Crippen molar-refractivity contribution in [2.45, 2.75) is 37.6 Å². The molecule has 1 aliphatic heterocycles. The highest BCUT2D eigenvalue weighted by atomic mass is 28.3. The van der Waals surface area contributed by atoms with Gasteiger partial charge in [0.1, 0.15) is 0 Å². The second kappa shape index (κ2) is 9.69. The molecule has 0 spiro atoms. The Hall–Kier alpha value is -3.47. The quantitative estimate of drug-likeness (QED) is 0.311. The van der Waals surface area contributed by atoms with E-state index in [0.29, 0.717) is 0 Å². The molecular formula is C36H34Si2. The van der Waals surface area contributed by atoms with Crippen LogP contribution in [-0.4, -0.2) is 16.1 Å². The SMILES string of the molecule is c1ccc([Si]2(c3ccccc3)c3ccccc3[Si](c3ccccc3)(C3CCCCC3)c3ccccc32)cc1. The summed E-state index contributed by atoms with van der Waals surface area (Å²) in [5.41, 5.74) is 0.722. The third-order valence-corrected chi connectivity index (χ3v) is 20.4. The van der Waals surface area contributed by atoms with Crippen LogP contribution in [0.4, 0.5) is 0 Å². The summed E-state index contributed by atoms with van der Waals surface area (Å²) in [4.78, 5) is 0. The Morgan fingerprint density at radius 2 is 0.737 bits per heavy atom. The molecule has 0 radical (unpaired) electrons. The van der Waals surface area contributed by atoms with E-state index in [0.717, 1.165) is 5.54 Å². The number of fused-ring (bicyclic) bond motifs is 2. The molecule has 1 heterocycles. The van der Waals surface area contributed by atoms with E-state index in [1.54, 1.807) is 25.9 Å². The molecule has 0 N–H and O–H groups in total. The zero-order valence-corrected chi connectivity index (χ0v) is 23.9. The first-order valence-electron chi connectivity index (χ1n) is 14.2. The highest BCUT2D eigenvalue weighted by Crippen LogP contribution is 2.37. The fourth-order valence-electron chi connectivity index (χ4n) is 7.99. The van der Waals surface area contributed by atoms with Crippen molar-refractivity contribution in [2.75, 3.05) is 0 Å². The number of rotatable bonds is 4. The van der Waals surface area contributed by atoms with Crippen LogP contribution in [-0.2, 0) is 0 Å². The molecule has 0 aromatic heterocycles. The van der Waals surface area contributed by atoms with Crippen molar-refractivity contribution in [1.29, 1.82) is 0 Å². The predicted molar refractivity (Wildman–Crippen MR) is 168 cm³/mol. The van der Waals surface area contributed by atoms with E-state index in [2.05, 4.69) is 140 Å². The van der Waals surface area contributed by atoms with Gasteiger partial charge >= 0.3 is 0 Å². The largest absolute Gasteiger partial charge is 0.179 e. The van der Waals surface area contributed by atoms with Gasteiger partial charge in [-0.1, -0.05) is 172 Å². The summed E-state index contributed by atoms with van der Waals surface area (Å²) >= 11 is 0. The van der Waals surface area contributed by atoms with Crippen LogP contribution in [0.1, 0.15) is 32.1 Å². The summed E-state index contributed by atoms with van der Waals surface area (Å²) in [7, 11) is -4.85. The van der Waals surface area contributed by atoms with Gasteiger partial charge in [-0.15, -0.1) is 0 Å². The van der Waals surface area contributed by atoms with Crippen LogP contribution in [0, 0.1) is 0 Å². The Bertz CT molecular complexity index is 1450. The van der Waals surface area contributed by atoms with E-state index in [9.17, 15) is 0 Å². The Balaban J connectivity index is 1.68. The fourth-order valence-corrected chi connectivity index (χ4v) is 21.2.